The number of anilines is 1. The first-order valence-corrected chi connectivity index (χ1v) is 6.62. The highest BCUT2D eigenvalue weighted by Crippen LogP contribution is 2.21. The number of carbonyl (C=O) groups is 2. The molecule has 20 heavy (non-hydrogen) atoms. The molecule has 0 unspecified atom stereocenters. The lowest BCUT2D eigenvalue weighted by molar-refractivity contribution is 0.0691. The van der Waals surface area contributed by atoms with Crippen molar-refractivity contribution in [3.05, 3.63) is 40.2 Å². The number of aromatic nitrogens is 2. The number of amides is 1. The molecule has 1 aromatic carbocycles. The molecule has 0 atom stereocenters. The van der Waals surface area contributed by atoms with Crippen molar-refractivity contribution in [1.82, 2.24) is 9.36 Å². The van der Waals surface area contributed by atoms with Crippen molar-refractivity contribution in [2.24, 2.45) is 0 Å². The Balaban J connectivity index is 2.43. The molecule has 1 heterocycles. The monoisotopic (exact) mass is 291 g/mol. The molecule has 0 saturated heterocycles. The van der Waals surface area contributed by atoms with E-state index in [2.05, 4.69) is 14.7 Å². The molecule has 0 saturated carbocycles. The molecular weight excluding hydrogens is 278 g/mol. The number of aryl methyl sites for hydroxylation is 3. The SMILES string of the molecule is Cc1nsc(NC(=O)c2c(C)ccc(C)c2C(=O)O)n1. The molecule has 0 spiro atoms. The second kappa shape index (κ2) is 5.38. The predicted molar refractivity (Wildman–Crippen MR) is 75.5 cm³/mol. The van der Waals surface area contributed by atoms with E-state index in [9.17, 15) is 14.7 Å². The van der Waals surface area contributed by atoms with E-state index in [4.69, 9.17) is 0 Å². The van der Waals surface area contributed by atoms with Crippen LogP contribution in [0.25, 0.3) is 0 Å². The van der Waals surface area contributed by atoms with Crippen LogP contribution in [-0.4, -0.2) is 26.3 Å². The number of carbonyl (C=O) groups excluding carboxylic acids is 1. The van der Waals surface area contributed by atoms with E-state index in [1.165, 1.54) is 0 Å². The van der Waals surface area contributed by atoms with E-state index in [1.807, 2.05) is 0 Å². The van der Waals surface area contributed by atoms with Gasteiger partial charge in [-0.3, -0.25) is 10.1 Å². The van der Waals surface area contributed by atoms with Crippen molar-refractivity contribution >= 4 is 28.5 Å². The third kappa shape index (κ3) is 2.67. The smallest absolute Gasteiger partial charge is 0.336 e. The number of hydrogen-bond acceptors (Lipinski definition) is 5. The first-order valence-electron chi connectivity index (χ1n) is 5.85. The Hall–Kier alpha value is -2.28. The van der Waals surface area contributed by atoms with Gasteiger partial charge < -0.3 is 5.11 Å². The first kappa shape index (κ1) is 14.1. The van der Waals surface area contributed by atoms with Crippen molar-refractivity contribution in [2.75, 3.05) is 5.32 Å². The van der Waals surface area contributed by atoms with Gasteiger partial charge >= 0.3 is 5.97 Å². The van der Waals surface area contributed by atoms with Crippen LogP contribution in [0.15, 0.2) is 12.1 Å². The summed E-state index contributed by atoms with van der Waals surface area (Å²) in [4.78, 5) is 27.7. The molecule has 2 N–H and O–H groups in total. The van der Waals surface area contributed by atoms with Gasteiger partial charge in [-0.1, -0.05) is 12.1 Å². The van der Waals surface area contributed by atoms with E-state index in [0.717, 1.165) is 11.5 Å². The Kier molecular flexibility index (Phi) is 3.80. The van der Waals surface area contributed by atoms with Crippen LogP contribution in [0.3, 0.4) is 0 Å². The number of carboxylic acids is 1. The fraction of sp³-hybridized carbons (Fsp3) is 0.231. The quantitative estimate of drug-likeness (QED) is 0.906. The fourth-order valence-electron chi connectivity index (χ4n) is 1.89. The number of aromatic carboxylic acids is 1. The topological polar surface area (TPSA) is 92.2 Å². The zero-order valence-corrected chi connectivity index (χ0v) is 12.0. The van der Waals surface area contributed by atoms with Gasteiger partial charge in [0.05, 0.1) is 11.1 Å². The minimum atomic E-state index is -1.12. The Bertz CT molecular complexity index is 694. The summed E-state index contributed by atoms with van der Waals surface area (Å²) in [5.74, 6) is -1.05. The normalized spacial score (nSPS) is 10.3. The van der Waals surface area contributed by atoms with Crippen molar-refractivity contribution in [3.8, 4) is 0 Å². The standard InChI is InChI=1S/C13H13N3O3S/c1-6-4-5-7(2)10(12(18)19)9(6)11(17)15-13-14-8(3)16-20-13/h4-5H,1-3H3,(H,18,19)(H,14,15,16,17). The molecule has 2 rings (SSSR count). The van der Waals surface area contributed by atoms with Gasteiger partial charge in [0.2, 0.25) is 5.13 Å². The molecule has 7 heteroatoms. The molecule has 1 aromatic heterocycles. The van der Waals surface area contributed by atoms with Gasteiger partial charge in [-0.05, 0) is 31.9 Å². The molecule has 6 nitrogen and oxygen atoms in total. The number of rotatable bonds is 3. The summed E-state index contributed by atoms with van der Waals surface area (Å²) >= 11 is 1.06. The second-order valence-corrected chi connectivity index (χ2v) is 5.11. The zero-order valence-electron chi connectivity index (χ0n) is 11.2. The molecule has 0 radical (unpaired) electrons. The summed E-state index contributed by atoms with van der Waals surface area (Å²) in [6.07, 6.45) is 0. The van der Waals surface area contributed by atoms with Gasteiger partial charge in [-0.2, -0.15) is 4.37 Å². The zero-order chi connectivity index (χ0) is 14.9. The third-order valence-electron chi connectivity index (χ3n) is 2.81. The first-order chi connectivity index (χ1) is 9.40. The van der Waals surface area contributed by atoms with Crippen molar-refractivity contribution in [1.29, 1.82) is 0 Å². The maximum Gasteiger partial charge on any atom is 0.336 e. The number of carboxylic acid groups (broad SMARTS) is 1. The molecule has 1 amide bonds. The van der Waals surface area contributed by atoms with E-state index >= 15 is 0 Å². The summed E-state index contributed by atoms with van der Waals surface area (Å²) in [6.45, 7) is 5.08. The van der Waals surface area contributed by atoms with Gasteiger partial charge in [0.1, 0.15) is 5.82 Å². The van der Waals surface area contributed by atoms with Crippen LogP contribution in [0.5, 0.6) is 0 Å². The molecule has 0 fully saturated rings. The number of nitrogens with zero attached hydrogens (tertiary/aromatic N) is 2. The fourth-order valence-corrected chi connectivity index (χ4v) is 2.46. The molecule has 0 aliphatic carbocycles. The van der Waals surface area contributed by atoms with Crippen LogP contribution in [0.4, 0.5) is 5.13 Å². The molecule has 104 valence electrons. The van der Waals surface area contributed by atoms with Gasteiger partial charge in [-0.25, -0.2) is 9.78 Å². The average molecular weight is 291 g/mol. The Labute approximate surface area is 119 Å². The number of benzene rings is 1. The highest BCUT2D eigenvalue weighted by Gasteiger charge is 2.22. The van der Waals surface area contributed by atoms with Crippen LogP contribution in [0, 0.1) is 20.8 Å². The summed E-state index contributed by atoms with van der Waals surface area (Å²) in [5.41, 5.74) is 1.32. The van der Waals surface area contributed by atoms with E-state index in [0.29, 0.717) is 22.1 Å². The molecule has 0 aliphatic rings. The number of nitrogens with one attached hydrogen (secondary N) is 1. The van der Waals surface area contributed by atoms with E-state index in [1.54, 1.807) is 32.9 Å². The molecule has 0 bridgehead atoms. The summed E-state index contributed by atoms with van der Waals surface area (Å²) in [7, 11) is 0. The largest absolute Gasteiger partial charge is 0.478 e. The maximum atomic E-state index is 12.3. The highest BCUT2D eigenvalue weighted by molar-refractivity contribution is 7.09. The third-order valence-corrected chi connectivity index (χ3v) is 3.53. The minimum absolute atomic E-state index is 0.0173. The van der Waals surface area contributed by atoms with Crippen LogP contribution >= 0.6 is 11.5 Å². The highest BCUT2D eigenvalue weighted by atomic mass is 32.1. The maximum absolute atomic E-state index is 12.3. The van der Waals surface area contributed by atoms with Crippen molar-refractivity contribution in [2.45, 2.75) is 20.8 Å². The van der Waals surface area contributed by atoms with Crippen LogP contribution in [0.2, 0.25) is 0 Å². The molecular formula is C13H13N3O3S. The van der Waals surface area contributed by atoms with Gasteiger partial charge in [-0.15, -0.1) is 0 Å². The summed E-state index contributed by atoms with van der Waals surface area (Å²) < 4.78 is 3.96. The Morgan fingerprint density at radius 3 is 2.25 bits per heavy atom. The van der Waals surface area contributed by atoms with Crippen LogP contribution < -0.4 is 5.32 Å². The number of hydrogen-bond donors (Lipinski definition) is 2. The molecule has 0 aliphatic heterocycles. The van der Waals surface area contributed by atoms with Crippen LogP contribution in [-0.2, 0) is 0 Å². The minimum Gasteiger partial charge on any atom is -0.478 e. The van der Waals surface area contributed by atoms with E-state index in [-0.39, 0.29) is 11.1 Å². The molecule has 2 aromatic rings. The Morgan fingerprint density at radius 2 is 1.75 bits per heavy atom. The van der Waals surface area contributed by atoms with Gasteiger partial charge in [0.25, 0.3) is 5.91 Å². The van der Waals surface area contributed by atoms with E-state index < -0.39 is 11.9 Å². The lowest BCUT2D eigenvalue weighted by atomic mass is 9.96. The average Bonchev–Trinajstić information content (AvgIpc) is 2.76. The van der Waals surface area contributed by atoms with Crippen molar-refractivity contribution < 1.29 is 14.7 Å². The predicted octanol–water partition coefficient (Wildman–Crippen LogP) is 2.41. The second-order valence-electron chi connectivity index (χ2n) is 4.36. The van der Waals surface area contributed by atoms with Gasteiger partial charge in [0, 0.05) is 11.5 Å². The summed E-state index contributed by atoms with van der Waals surface area (Å²) in [5, 5.41) is 12.2. The summed E-state index contributed by atoms with van der Waals surface area (Å²) in [6, 6.07) is 3.41. The van der Waals surface area contributed by atoms with Crippen LogP contribution in [0.1, 0.15) is 37.7 Å². The lowest BCUT2D eigenvalue weighted by Gasteiger charge is -2.11. The lowest BCUT2D eigenvalue weighted by Crippen LogP contribution is -2.19. The van der Waals surface area contributed by atoms with Crippen molar-refractivity contribution in [3.63, 3.8) is 0 Å². The Morgan fingerprint density at radius 1 is 1.15 bits per heavy atom. The van der Waals surface area contributed by atoms with Gasteiger partial charge in [0.15, 0.2) is 0 Å².